The molecule has 0 heterocycles. The molecule has 2 rings (SSSR count). The Hall–Kier alpha value is -1.44. The number of rotatable bonds is 4. The van der Waals surface area contributed by atoms with Gasteiger partial charge < -0.3 is 0 Å². The fraction of sp³-hybridized carbons (Fsp3) is 0.0714. The number of alkyl halides is 1. The van der Waals surface area contributed by atoms with E-state index in [0.29, 0.717) is 10.2 Å². The number of benzene rings is 2. The van der Waals surface area contributed by atoms with Gasteiger partial charge in [0, 0.05) is 20.7 Å². The number of carbonyl (C=O) groups excluding carboxylic acids is 1. The van der Waals surface area contributed by atoms with Crippen LogP contribution >= 0.6 is 43.5 Å². The maximum atomic E-state index is 12.2. The van der Waals surface area contributed by atoms with Crippen LogP contribution in [0.3, 0.4) is 0 Å². The SMILES string of the molecule is O=C(CCl)N(c1ccc(Br)cc1)c1ccc(Br)cc1[N+](=O)[O-]. The van der Waals surface area contributed by atoms with Crippen molar-refractivity contribution in [1.82, 2.24) is 0 Å². The predicted molar refractivity (Wildman–Crippen MR) is 92.8 cm³/mol. The Morgan fingerprint density at radius 3 is 2.27 bits per heavy atom. The van der Waals surface area contributed by atoms with Crippen LogP contribution in [0.2, 0.25) is 0 Å². The zero-order valence-electron chi connectivity index (χ0n) is 11.0. The lowest BCUT2D eigenvalue weighted by atomic mass is 10.2. The number of hydrogen-bond acceptors (Lipinski definition) is 3. The van der Waals surface area contributed by atoms with Gasteiger partial charge in [-0.1, -0.05) is 31.9 Å². The Labute approximate surface area is 148 Å². The van der Waals surface area contributed by atoms with Crippen molar-refractivity contribution in [3.05, 3.63) is 61.5 Å². The normalized spacial score (nSPS) is 10.3. The second-order valence-electron chi connectivity index (χ2n) is 4.23. The van der Waals surface area contributed by atoms with Gasteiger partial charge in [0.25, 0.3) is 5.69 Å². The standard InChI is InChI=1S/C14H9Br2ClN2O3/c15-9-1-4-11(5-2-9)18(14(20)8-17)12-6-3-10(16)7-13(12)19(21)22/h1-7H,8H2. The monoisotopic (exact) mass is 446 g/mol. The van der Waals surface area contributed by atoms with E-state index in [-0.39, 0.29) is 17.3 Å². The zero-order valence-corrected chi connectivity index (χ0v) is 14.9. The zero-order chi connectivity index (χ0) is 16.3. The lowest BCUT2D eigenvalue weighted by Gasteiger charge is -2.22. The van der Waals surface area contributed by atoms with Crippen LogP contribution in [0.5, 0.6) is 0 Å². The number of nitro groups is 1. The average molecular weight is 448 g/mol. The molecule has 0 N–H and O–H groups in total. The van der Waals surface area contributed by atoms with Gasteiger partial charge in [-0.2, -0.15) is 0 Å². The highest BCUT2D eigenvalue weighted by Crippen LogP contribution is 2.36. The van der Waals surface area contributed by atoms with Gasteiger partial charge in [0.1, 0.15) is 11.6 Å². The molecule has 0 aliphatic heterocycles. The largest absolute Gasteiger partial charge is 0.294 e. The molecule has 0 bridgehead atoms. The highest BCUT2D eigenvalue weighted by atomic mass is 79.9. The summed E-state index contributed by atoms with van der Waals surface area (Å²) in [6.07, 6.45) is 0. The van der Waals surface area contributed by atoms with Crippen molar-refractivity contribution in [2.75, 3.05) is 10.8 Å². The van der Waals surface area contributed by atoms with Crippen LogP contribution in [0, 0.1) is 10.1 Å². The molecule has 0 spiro atoms. The lowest BCUT2D eigenvalue weighted by molar-refractivity contribution is -0.384. The molecular formula is C14H9Br2ClN2O3. The van der Waals surface area contributed by atoms with E-state index in [0.717, 1.165) is 4.47 Å². The number of carbonyl (C=O) groups is 1. The van der Waals surface area contributed by atoms with Gasteiger partial charge in [-0.15, -0.1) is 11.6 Å². The summed E-state index contributed by atoms with van der Waals surface area (Å²) in [7, 11) is 0. The molecule has 5 nitrogen and oxygen atoms in total. The summed E-state index contributed by atoms with van der Waals surface area (Å²) in [4.78, 5) is 24.2. The van der Waals surface area contributed by atoms with Gasteiger partial charge in [0.05, 0.1) is 4.92 Å². The molecule has 1 amide bonds. The molecule has 0 aliphatic rings. The first-order chi connectivity index (χ1) is 10.4. The number of halogens is 3. The van der Waals surface area contributed by atoms with E-state index >= 15 is 0 Å². The first-order valence-electron chi connectivity index (χ1n) is 6.02. The van der Waals surface area contributed by atoms with E-state index in [2.05, 4.69) is 31.9 Å². The van der Waals surface area contributed by atoms with Gasteiger partial charge in [0.15, 0.2) is 0 Å². The summed E-state index contributed by atoms with van der Waals surface area (Å²) < 4.78 is 1.39. The Morgan fingerprint density at radius 2 is 1.73 bits per heavy atom. The Kier molecular flexibility index (Phi) is 5.55. The van der Waals surface area contributed by atoms with Gasteiger partial charge in [-0.25, -0.2) is 0 Å². The van der Waals surface area contributed by atoms with Crippen molar-refractivity contribution in [2.45, 2.75) is 0 Å². The van der Waals surface area contributed by atoms with Crippen LogP contribution in [0.15, 0.2) is 51.4 Å². The third-order valence-corrected chi connectivity index (χ3v) is 4.07. The third-order valence-electron chi connectivity index (χ3n) is 2.82. The van der Waals surface area contributed by atoms with Crippen LogP contribution in [0.25, 0.3) is 0 Å². The maximum absolute atomic E-state index is 12.2. The Balaban J connectivity index is 2.62. The van der Waals surface area contributed by atoms with E-state index < -0.39 is 10.8 Å². The van der Waals surface area contributed by atoms with Gasteiger partial charge in [-0.05, 0) is 36.4 Å². The minimum absolute atomic E-state index is 0.168. The van der Waals surface area contributed by atoms with E-state index in [1.165, 1.54) is 17.0 Å². The van der Waals surface area contributed by atoms with Crippen molar-refractivity contribution in [1.29, 1.82) is 0 Å². The average Bonchev–Trinajstić information content (AvgIpc) is 2.50. The van der Waals surface area contributed by atoms with Crippen LogP contribution < -0.4 is 4.90 Å². The second kappa shape index (κ2) is 7.21. The van der Waals surface area contributed by atoms with Crippen LogP contribution in [0.1, 0.15) is 0 Å². The highest BCUT2D eigenvalue weighted by Gasteiger charge is 2.25. The van der Waals surface area contributed by atoms with E-state index in [1.54, 1.807) is 30.3 Å². The smallest absolute Gasteiger partial charge is 0.273 e. The number of anilines is 2. The van der Waals surface area contributed by atoms with E-state index in [4.69, 9.17) is 11.6 Å². The molecule has 0 radical (unpaired) electrons. The Morgan fingerprint density at radius 1 is 1.14 bits per heavy atom. The highest BCUT2D eigenvalue weighted by molar-refractivity contribution is 9.10. The minimum Gasteiger partial charge on any atom is -0.273 e. The Bertz CT molecular complexity index is 723. The first-order valence-corrected chi connectivity index (χ1v) is 8.14. The minimum atomic E-state index is -0.534. The van der Waals surface area contributed by atoms with E-state index in [9.17, 15) is 14.9 Å². The molecule has 0 atom stereocenters. The van der Waals surface area contributed by atoms with Gasteiger partial charge in [0.2, 0.25) is 5.91 Å². The van der Waals surface area contributed by atoms with Crippen molar-refractivity contribution in [2.24, 2.45) is 0 Å². The van der Waals surface area contributed by atoms with Crippen molar-refractivity contribution in [3.8, 4) is 0 Å². The van der Waals surface area contributed by atoms with E-state index in [1.807, 2.05) is 0 Å². The quantitative estimate of drug-likeness (QED) is 0.375. The summed E-state index contributed by atoms with van der Waals surface area (Å²) in [5.41, 5.74) is 0.483. The predicted octanol–water partition coefficient (Wildman–Crippen LogP) is 5.02. The molecule has 0 saturated carbocycles. The number of nitro benzene ring substituents is 1. The number of nitrogens with zero attached hydrogens (tertiary/aromatic N) is 2. The summed E-state index contributed by atoms with van der Waals surface area (Å²) in [6.45, 7) is 0. The molecule has 0 unspecified atom stereocenters. The topological polar surface area (TPSA) is 63.5 Å². The molecule has 2 aromatic rings. The molecule has 0 fully saturated rings. The van der Waals surface area contributed by atoms with Crippen LogP contribution in [0.4, 0.5) is 17.1 Å². The van der Waals surface area contributed by atoms with Crippen LogP contribution in [-0.2, 0) is 4.79 Å². The molecule has 22 heavy (non-hydrogen) atoms. The fourth-order valence-electron chi connectivity index (χ4n) is 1.90. The number of amides is 1. The molecule has 114 valence electrons. The summed E-state index contributed by atoms with van der Waals surface area (Å²) in [5, 5.41) is 11.3. The summed E-state index contributed by atoms with van der Waals surface area (Å²) in [6, 6.07) is 11.3. The molecule has 0 aliphatic carbocycles. The number of hydrogen-bond donors (Lipinski definition) is 0. The molecule has 0 aromatic heterocycles. The molecule has 8 heteroatoms. The third kappa shape index (κ3) is 3.66. The lowest BCUT2D eigenvalue weighted by Crippen LogP contribution is -2.27. The van der Waals surface area contributed by atoms with Gasteiger partial charge >= 0.3 is 0 Å². The van der Waals surface area contributed by atoms with Gasteiger partial charge in [-0.3, -0.25) is 19.8 Å². The summed E-state index contributed by atoms with van der Waals surface area (Å²) in [5.74, 6) is -0.738. The first kappa shape index (κ1) is 16.9. The van der Waals surface area contributed by atoms with Crippen molar-refractivity contribution >= 4 is 66.4 Å². The van der Waals surface area contributed by atoms with Crippen LogP contribution in [-0.4, -0.2) is 16.7 Å². The second-order valence-corrected chi connectivity index (χ2v) is 6.33. The van der Waals surface area contributed by atoms with Crippen molar-refractivity contribution < 1.29 is 9.72 Å². The fourth-order valence-corrected chi connectivity index (χ4v) is 2.63. The molecular weight excluding hydrogens is 439 g/mol. The molecule has 0 saturated heterocycles. The summed E-state index contributed by atoms with van der Waals surface area (Å²) >= 11 is 12.2. The molecule has 2 aromatic carbocycles. The maximum Gasteiger partial charge on any atom is 0.294 e. The van der Waals surface area contributed by atoms with Crippen molar-refractivity contribution in [3.63, 3.8) is 0 Å².